The first-order chi connectivity index (χ1) is 9.31. The minimum atomic E-state index is 0.398. The molecule has 1 N–H and O–H groups in total. The van der Waals surface area contributed by atoms with Crippen molar-refractivity contribution in [3.63, 3.8) is 0 Å². The van der Waals surface area contributed by atoms with Crippen LogP contribution in [0.5, 0.6) is 0 Å². The van der Waals surface area contributed by atoms with E-state index >= 15 is 0 Å². The smallest absolute Gasteiger partial charge is 0.0645 e. The number of para-hydroxylation sites is 1. The minimum Gasteiger partial charge on any atom is -0.307 e. The van der Waals surface area contributed by atoms with E-state index in [9.17, 15) is 0 Å². The molecular weight excluding hydrogens is 234 g/mol. The highest BCUT2D eigenvalue weighted by atomic mass is 15.3. The van der Waals surface area contributed by atoms with Crippen LogP contribution in [0.3, 0.4) is 0 Å². The summed E-state index contributed by atoms with van der Waals surface area (Å²) in [5, 5.41) is 8.14. The van der Waals surface area contributed by atoms with E-state index < -0.39 is 0 Å². The highest BCUT2D eigenvalue weighted by molar-refractivity contribution is 5.30. The molecule has 100 valence electrons. The van der Waals surface area contributed by atoms with Crippen molar-refractivity contribution in [2.45, 2.75) is 44.7 Å². The number of benzene rings is 1. The molecule has 0 atom stereocenters. The first-order valence-electron chi connectivity index (χ1n) is 7.15. The molecule has 19 heavy (non-hydrogen) atoms. The maximum atomic E-state index is 4.43. The predicted octanol–water partition coefficient (Wildman–Crippen LogP) is 3.29. The monoisotopic (exact) mass is 255 g/mol. The maximum absolute atomic E-state index is 4.43. The summed E-state index contributed by atoms with van der Waals surface area (Å²) in [5.74, 6) is 0. The zero-order chi connectivity index (χ0) is 13.1. The molecule has 0 spiro atoms. The molecule has 0 radical (unpaired) electrons. The van der Waals surface area contributed by atoms with Crippen LogP contribution in [0, 0.1) is 0 Å². The van der Waals surface area contributed by atoms with Crippen molar-refractivity contribution in [3.05, 3.63) is 48.3 Å². The van der Waals surface area contributed by atoms with E-state index in [4.69, 9.17) is 0 Å². The van der Waals surface area contributed by atoms with E-state index in [-0.39, 0.29) is 0 Å². The zero-order valence-electron chi connectivity index (χ0n) is 11.5. The molecule has 0 aliphatic heterocycles. The Morgan fingerprint density at radius 3 is 2.68 bits per heavy atom. The molecule has 3 nitrogen and oxygen atoms in total. The molecule has 1 aliphatic carbocycles. The van der Waals surface area contributed by atoms with Gasteiger partial charge in [0.15, 0.2) is 0 Å². The van der Waals surface area contributed by atoms with Crippen molar-refractivity contribution in [3.8, 4) is 5.69 Å². The van der Waals surface area contributed by atoms with E-state index in [2.05, 4.69) is 35.7 Å². The number of nitrogens with zero attached hydrogens (tertiary/aromatic N) is 2. The van der Waals surface area contributed by atoms with Gasteiger partial charge in [-0.3, -0.25) is 0 Å². The number of nitrogens with one attached hydrogen (secondary N) is 1. The van der Waals surface area contributed by atoms with E-state index in [1.54, 1.807) is 0 Å². The highest BCUT2D eigenvalue weighted by Gasteiger charge is 2.34. The SMILES string of the molecule is CCC1(NCc2cnn(-c3ccccc3)c2)CCC1. The molecule has 0 unspecified atom stereocenters. The quantitative estimate of drug-likeness (QED) is 0.888. The van der Waals surface area contributed by atoms with Crippen LogP contribution in [0.1, 0.15) is 38.2 Å². The van der Waals surface area contributed by atoms with Gasteiger partial charge in [-0.15, -0.1) is 0 Å². The third-order valence-corrected chi connectivity index (χ3v) is 4.31. The van der Waals surface area contributed by atoms with Crippen LogP contribution in [0.15, 0.2) is 42.7 Å². The molecule has 0 amide bonds. The number of aromatic nitrogens is 2. The molecule has 1 aliphatic rings. The van der Waals surface area contributed by atoms with Gasteiger partial charge >= 0.3 is 0 Å². The van der Waals surface area contributed by atoms with Gasteiger partial charge in [-0.1, -0.05) is 25.1 Å². The summed E-state index contributed by atoms with van der Waals surface area (Å²) in [5.41, 5.74) is 2.76. The van der Waals surface area contributed by atoms with E-state index in [1.807, 2.05) is 29.1 Å². The Labute approximate surface area is 114 Å². The fourth-order valence-corrected chi connectivity index (χ4v) is 2.72. The van der Waals surface area contributed by atoms with E-state index in [0.29, 0.717) is 5.54 Å². The van der Waals surface area contributed by atoms with Gasteiger partial charge in [0.2, 0.25) is 0 Å². The third-order valence-electron chi connectivity index (χ3n) is 4.31. The summed E-state index contributed by atoms with van der Waals surface area (Å²) in [7, 11) is 0. The highest BCUT2D eigenvalue weighted by Crippen LogP contribution is 2.34. The van der Waals surface area contributed by atoms with Crippen LogP contribution in [0.25, 0.3) is 5.69 Å². The van der Waals surface area contributed by atoms with Gasteiger partial charge in [0.25, 0.3) is 0 Å². The van der Waals surface area contributed by atoms with Crippen molar-refractivity contribution in [2.75, 3.05) is 0 Å². The number of hydrogen-bond donors (Lipinski definition) is 1. The molecule has 1 saturated carbocycles. The molecule has 3 rings (SSSR count). The second-order valence-electron chi connectivity index (χ2n) is 5.47. The lowest BCUT2D eigenvalue weighted by Gasteiger charge is -2.42. The van der Waals surface area contributed by atoms with Crippen molar-refractivity contribution in [1.82, 2.24) is 15.1 Å². The van der Waals surface area contributed by atoms with Gasteiger partial charge in [-0.05, 0) is 37.8 Å². The Bertz CT molecular complexity index is 520. The fraction of sp³-hybridized carbons (Fsp3) is 0.438. The standard InChI is InChI=1S/C16H21N3/c1-2-16(9-6-10-16)17-11-14-12-18-19(13-14)15-7-4-3-5-8-15/h3-5,7-8,12-13,17H,2,6,9-11H2,1H3. The van der Waals surface area contributed by atoms with Crippen molar-refractivity contribution in [2.24, 2.45) is 0 Å². The summed E-state index contributed by atoms with van der Waals surface area (Å²) >= 11 is 0. The molecule has 0 saturated heterocycles. The summed E-state index contributed by atoms with van der Waals surface area (Å²) < 4.78 is 1.94. The Hall–Kier alpha value is -1.61. The van der Waals surface area contributed by atoms with Crippen LogP contribution in [-0.4, -0.2) is 15.3 Å². The Morgan fingerprint density at radius 2 is 2.05 bits per heavy atom. The normalized spacial score (nSPS) is 17.1. The summed E-state index contributed by atoms with van der Waals surface area (Å²) in [4.78, 5) is 0. The summed E-state index contributed by atoms with van der Waals surface area (Å²) in [6.45, 7) is 3.19. The van der Waals surface area contributed by atoms with E-state index in [1.165, 1.54) is 31.2 Å². The molecular formula is C16H21N3. The average molecular weight is 255 g/mol. The molecule has 0 bridgehead atoms. The lowest BCUT2D eigenvalue weighted by molar-refractivity contribution is 0.175. The van der Waals surface area contributed by atoms with Gasteiger partial charge in [0.1, 0.15) is 0 Å². The summed E-state index contributed by atoms with van der Waals surface area (Å²) in [6.07, 6.45) is 9.29. The van der Waals surface area contributed by atoms with Gasteiger partial charge < -0.3 is 5.32 Å². The fourth-order valence-electron chi connectivity index (χ4n) is 2.72. The lowest BCUT2D eigenvalue weighted by atomic mass is 9.75. The van der Waals surface area contributed by atoms with E-state index in [0.717, 1.165) is 12.2 Å². The Balaban J connectivity index is 1.65. The molecule has 1 aromatic heterocycles. The maximum Gasteiger partial charge on any atom is 0.0645 e. The van der Waals surface area contributed by atoms with Gasteiger partial charge in [0.05, 0.1) is 11.9 Å². The molecule has 3 heteroatoms. The first kappa shape index (κ1) is 12.4. The van der Waals surface area contributed by atoms with Crippen LogP contribution in [-0.2, 0) is 6.54 Å². The average Bonchev–Trinajstić information content (AvgIpc) is 2.88. The summed E-state index contributed by atoms with van der Waals surface area (Å²) in [6, 6.07) is 10.2. The van der Waals surface area contributed by atoms with Crippen LogP contribution in [0.4, 0.5) is 0 Å². The minimum absolute atomic E-state index is 0.398. The topological polar surface area (TPSA) is 29.9 Å². The van der Waals surface area contributed by atoms with Crippen molar-refractivity contribution in [1.29, 1.82) is 0 Å². The van der Waals surface area contributed by atoms with Gasteiger partial charge in [-0.25, -0.2) is 4.68 Å². The van der Waals surface area contributed by atoms with Gasteiger partial charge in [-0.2, -0.15) is 5.10 Å². The molecule has 1 heterocycles. The van der Waals surface area contributed by atoms with Crippen molar-refractivity contribution >= 4 is 0 Å². The Morgan fingerprint density at radius 1 is 1.26 bits per heavy atom. The van der Waals surface area contributed by atoms with Crippen LogP contribution >= 0.6 is 0 Å². The van der Waals surface area contributed by atoms with Crippen LogP contribution in [0.2, 0.25) is 0 Å². The number of rotatable bonds is 5. The second-order valence-corrected chi connectivity index (χ2v) is 5.47. The Kier molecular flexibility index (Phi) is 3.38. The molecule has 2 aromatic rings. The molecule has 1 fully saturated rings. The zero-order valence-corrected chi connectivity index (χ0v) is 11.5. The second kappa shape index (κ2) is 5.17. The van der Waals surface area contributed by atoms with Crippen molar-refractivity contribution < 1.29 is 0 Å². The molecule has 1 aromatic carbocycles. The first-order valence-corrected chi connectivity index (χ1v) is 7.15. The van der Waals surface area contributed by atoms with Crippen LogP contribution < -0.4 is 5.32 Å². The third kappa shape index (κ3) is 2.56. The largest absolute Gasteiger partial charge is 0.307 e. The lowest BCUT2D eigenvalue weighted by Crippen LogP contribution is -2.49. The predicted molar refractivity (Wildman–Crippen MR) is 77.3 cm³/mol. The number of hydrogen-bond acceptors (Lipinski definition) is 2. The van der Waals surface area contributed by atoms with Gasteiger partial charge in [0, 0.05) is 23.8 Å².